The number of H-pyrrole nitrogens is 1. The number of likely N-dealkylation sites (tertiary alicyclic amines) is 1. The second kappa shape index (κ2) is 8.39. The summed E-state index contributed by atoms with van der Waals surface area (Å²) in [5.74, 6) is 0.0552. The summed E-state index contributed by atoms with van der Waals surface area (Å²) >= 11 is 0. The lowest BCUT2D eigenvalue weighted by molar-refractivity contribution is -0.126. The van der Waals surface area contributed by atoms with Crippen molar-refractivity contribution in [2.24, 2.45) is 0 Å². The van der Waals surface area contributed by atoms with Crippen LogP contribution in [-0.2, 0) is 4.74 Å². The van der Waals surface area contributed by atoms with Crippen LogP contribution < -0.4 is 5.32 Å². The molecule has 2 N–H and O–H groups in total. The van der Waals surface area contributed by atoms with Crippen LogP contribution >= 0.6 is 0 Å². The molecule has 32 heavy (non-hydrogen) atoms. The molecular formula is C24H33N5O3. The number of hydrogen-bond acceptors (Lipinski definition) is 4. The highest BCUT2D eigenvalue weighted by molar-refractivity contribution is 5.97. The molecule has 3 amide bonds. The number of nitrogens with zero attached hydrogens (tertiary/aromatic N) is 3. The van der Waals surface area contributed by atoms with Crippen LogP contribution in [0.15, 0.2) is 24.5 Å². The molecule has 1 aromatic carbocycles. The summed E-state index contributed by atoms with van der Waals surface area (Å²) < 4.78 is 6.32. The maximum Gasteiger partial charge on any atom is 0.318 e. The number of ether oxygens (including phenoxy) is 1. The van der Waals surface area contributed by atoms with Crippen LogP contribution in [-0.4, -0.2) is 75.1 Å². The lowest BCUT2D eigenvalue weighted by Crippen LogP contribution is -2.57. The molecule has 0 radical (unpaired) electrons. The lowest BCUT2D eigenvalue weighted by Gasteiger charge is -2.48. The van der Waals surface area contributed by atoms with Crippen molar-refractivity contribution in [3.8, 4) is 0 Å². The van der Waals surface area contributed by atoms with Gasteiger partial charge in [0.25, 0.3) is 5.91 Å². The molecule has 5 rings (SSSR count). The zero-order valence-electron chi connectivity index (χ0n) is 19.0. The van der Waals surface area contributed by atoms with Gasteiger partial charge in [0, 0.05) is 43.4 Å². The smallest absolute Gasteiger partial charge is 0.318 e. The molecule has 3 heterocycles. The summed E-state index contributed by atoms with van der Waals surface area (Å²) in [4.78, 5) is 37.3. The zero-order valence-corrected chi connectivity index (χ0v) is 19.0. The van der Waals surface area contributed by atoms with Crippen molar-refractivity contribution in [1.82, 2.24) is 25.1 Å². The number of carbonyl (C=O) groups excluding carboxylic acids is 2. The highest BCUT2D eigenvalue weighted by Gasteiger charge is 2.46. The van der Waals surface area contributed by atoms with Crippen LogP contribution in [0.4, 0.5) is 4.79 Å². The van der Waals surface area contributed by atoms with Gasteiger partial charge in [-0.1, -0.05) is 0 Å². The predicted molar refractivity (Wildman–Crippen MR) is 121 cm³/mol. The normalized spacial score (nSPS) is 23.0. The Morgan fingerprint density at radius 2 is 2.00 bits per heavy atom. The van der Waals surface area contributed by atoms with Crippen molar-refractivity contribution in [3.05, 3.63) is 30.1 Å². The maximum absolute atomic E-state index is 13.1. The van der Waals surface area contributed by atoms with E-state index in [1.165, 1.54) is 0 Å². The number of aromatic amines is 1. The Bertz CT molecular complexity index is 990. The third-order valence-electron chi connectivity index (χ3n) is 7.08. The van der Waals surface area contributed by atoms with E-state index in [2.05, 4.69) is 20.2 Å². The molecule has 1 atom stereocenters. The molecule has 0 bridgehead atoms. The van der Waals surface area contributed by atoms with Gasteiger partial charge < -0.3 is 24.8 Å². The number of benzene rings is 1. The van der Waals surface area contributed by atoms with Crippen LogP contribution in [0.1, 0.15) is 62.7 Å². The van der Waals surface area contributed by atoms with Crippen molar-refractivity contribution in [3.63, 3.8) is 0 Å². The van der Waals surface area contributed by atoms with Gasteiger partial charge in [0.1, 0.15) is 0 Å². The largest absolute Gasteiger partial charge is 0.375 e. The molecule has 2 aliphatic heterocycles. The average molecular weight is 440 g/mol. The minimum absolute atomic E-state index is 0.0552. The van der Waals surface area contributed by atoms with E-state index >= 15 is 0 Å². The number of rotatable bonds is 4. The number of amides is 3. The molecule has 3 fully saturated rings. The first-order valence-corrected chi connectivity index (χ1v) is 11.9. The SMILES string of the molecule is CC(C)NC(=O)N(C1CC1)C1CCOC2(CCN(C(=O)c3ccc4nc[nH]c4c3)CC2)C1. The zero-order chi connectivity index (χ0) is 22.3. The second-order valence-electron chi connectivity index (χ2n) is 9.85. The maximum atomic E-state index is 13.1. The van der Waals surface area contributed by atoms with Gasteiger partial charge in [-0.25, -0.2) is 9.78 Å². The van der Waals surface area contributed by atoms with Crippen molar-refractivity contribution >= 4 is 23.0 Å². The summed E-state index contributed by atoms with van der Waals surface area (Å²) in [5, 5.41) is 3.09. The monoisotopic (exact) mass is 439 g/mol. The molecule has 1 aliphatic carbocycles. The molecule has 8 heteroatoms. The number of hydrogen-bond donors (Lipinski definition) is 2. The van der Waals surface area contributed by atoms with E-state index in [4.69, 9.17) is 4.74 Å². The van der Waals surface area contributed by atoms with Gasteiger partial charge in [-0.05, 0) is 70.6 Å². The van der Waals surface area contributed by atoms with Crippen LogP contribution in [0.2, 0.25) is 0 Å². The summed E-state index contributed by atoms with van der Waals surface area (Å²) in [7, 11) is 0. The highest BCUT2D eigenvalue weighted by Crippen LogP contribution is 2.40. The first kappa shape index (κ1) is 21.2. The van der Waals surface area contributed by atoms with Gasteiger partial charge >= 0.3 is 6.03 Å². The van der Waals surface area contributed by atoms with E-state index < -0.39 is 0 Å². The van der Waals surface area contributed by atoms with Gasteiger partial charge in [0.2, 0.25) is 0 Å². The van der Waals surface area contributed by atoms with Crippen LogP contribution in [0.5, 0.6) is 0 Å². The first-order chi connectivity index (χ1) is 15.4. The van der Waals surface area contributed by atoms with Crippen LogP contribution in [0.3, 0.4) is 0 Å². The highest BCUT2D eigenvalue weighted by atomic mass is 16.5. The number of aromatic nitrogens is 2. The van der Waals surface area contributed by atoms with E-state index in [9.17, 15) is 9.59 Å². The summed E-state index contributed by atoms with van der Waals surface area (Å²) in [6.07, 6.45) is 7.20. The van der Waals surface area contributed by atoms with E-state index in [0.717, 1.165) is 49.6 Å². The minimum Gasteiger partial charge on any atom is -0.375 e. The van der Waals surface area contributed by atoms with Gasteiger partial charge in [0.15, 0.2) is 0 Å². The number of imidazole rings is 1. The summed E-state index contributed by atoms with van der Waals surface area (Å²) in [6, 6.07) is 6.38. The molecule has 172 valence electrons. The summed E-state index contributed by atoms with van der Waals surface area (Å²) in [6.45, 7) is 6.03. The topological polar surface area (TPSA) is 90.6 Å². The Hall–Kier alpha value is -2.61. The fraction of sp³-hybridized carbons (Fsp3) is 0.625. The fourth-order valence-electron chi connectivity index (χ4n) is 5.26. The minimum atomic E-state index is -0.238. The number of nitrogens with one attached hydrogen (secondary N) is 2. The number of piperidine rings is 1. The summed E-state index contributed by atoms with van der Waals surface area (Å²) in [5.41, 5.74) is 2.19. The Kier molecular flexibility index (Phi) is 5.57. The van der Waals surface area contributed by atoms with E-state index in [-0.39, 0.29) is 29.6 Å². The lowest BCUT2D eigenvalue weighted by atomic mass is 9.81. The molecule has 2 aromatic rings. The third-order valence-corrected chi connectivity index (χ3v) is 7.08. The van der Waals surface area contributed by atoms with E-state index in [1.54, 1.807) is 6.33 Å². The van der Waals surface area contributed by atoms with Crippen LogP contribution in [0, 0.1) is 0 Å². The number of carbonyl (C=O) groups is 2. The molecule has 2 saturated heterocycles. The number of fused-ring (bicyclic) bond motifs is 1. The molecule has 1 unspecified atom stereocenters. The van der Waals surface area contributed by atoms with Crippen LogP contribution in [0.25, 0.3) is 11.0 Å². The van der Waals surface area contributed by atoms with Gasteiger partial charge in [0.05, 0.1) is 23.0 Å². The quantitative estimate of drug-likeness (QED) is 0.765. The van der Waals surface area contributed by atoms with Gasteiger partial charge in [-0.3, -0.25) is 4.79 Å². The molecule has 1 spiro atoms. The molecule has 8 nitrogen and oxygen atoms in total. The predicted octanol–water partition coefficient (Wildman–Crippen LogP) is 3.30. The molecule has 3 aliphatic rings. The Balaban J connectivity index is 1.24. The van der Waals surface area contributed by atoms with Crippen molar-refractivity contribution < 1.29 is 14.3 Å². The van der Waals surface area contributed by atoms with Crippen molar-refractivity contribution in [2.75, 3.05) is 19.7 Å². The molecule has 1 saturated carbocycles. The van der Waals surface area contributed by atoms with Crippen molar-refractivity contribution in [2.45, 2.75) is 76.1 Å². The van der Waals surface area contributed by atoms with Crippen molar-refractivity contribution in [1.29, 1.82) is 0 Å². The second-order valence-corrected chi connectivity index (χ2v) is 9.85. The first-order valence-electron chi connectivity index (χ1n) is 11.9. The van der Waals surface area contributed by atoms with E-state index in [0.29, 0.717) is 31.3 Å². The third kappa shape index (κ3) is 4.20. The molecule has 1 aromatic heterocycles. The van der Waals surface area contributed by atoms with Gasteiger partial charge in [-0.2, -0.15) is 0 Å². The fourth-order valence-corrected chi connectivity index (χ4v) is 5.26. The Morgan fingerprint density at radius 1 is 1.22 bits per heavy atom. The molecular weight excluding hydrogens is 406 g/mol. The van der Waals surface area contributed by atoms with Gasteiger partial charge in [-0.15, -0.1) is 0 Å². The number of urea groups is 1. The average Bonchev–Trinajstić information content (AvgIpc) is 3.48. The van der Waals surface area contributed by atoms with E-state index in [1.807, 2.05) is 36.9 Å². The standard InChI is InChI=1S/C24H33N5O3/c1-16(2)27-23(31)29(18-4-5-18)19-7-12-32-24(14-19)8-10-28(11-9-24)22(30)17-3-6-20-21(13-17)26-15-25-20/h3,6,13,15-16,18-19H,4-5,7-12,14H2,1-2H3,(H,25,26)(H,27,31). The Morgan fingerprint density at radius 3 is 2.72 bits per heavy atom. The Labute approximate surface area is 188 Å².